The SMILES string of the molecule is ClCC(Cc1ccco1)c1ccc(Br)cc1. The summed E-state index contributed by atoms with van der Waals surface area (Å²) in [5, 5.41) is 0. The van der Waals surface area contributed by atoms with E-state index < -0.39 is 0 Å². The Morgan fingerprint density at radius 1 is 1.19 bits per heavy atom. The molecule has 16 heavy (non-hydrogen) atoms. The van der Waals surface area contributed by atoms with Crippen LogP contribution in [0.5, 0.6) is 0 Å². The highest BCUT2D eigenvalue weighted by atomic mass is 79.9. The molecule has 2 rings (SSSR count). The van der Waals surface area contributed by atoms with Gasteiger partial charge in [-0.3, -0.25) is 0 Å². The zero-order valence-electron chi connectivity index (χ0n) is 8.70. The number of benzene rings is 1. The molecule has 0 bridgehead atoms. The van der Waals surface area contributed by atoms with E-state index in [1.165, 1.54) is 5.56 Å². The molecule has 0 amide bonds. The molecule has 84 valence electrons. The second kappa shape index (κ2) is 5.55. The summed E-state index contributed by atoms with van der Waals surface area (Å²) in [5.41, 5.74) is 1.25. The lowest BCUT2D eigenvalue weighted by Crippen LogP contribution is -2.03. The molecule has 0 aliphatic rings. The maximum absolute atomic E-state index is 6.01. The van der Waals surface area contributed by atoms with Crippen molar-refractivity contribution in [3.05, 3.63) is 58.5 Å². The van der Waals surface area contributed by atoms with Crippen LogP contribution >= 0.6 is 27.5 Å². The molecule has 0 saturated carbocycles. The van der Waals surface area contributed by atoms with Gasteiger partial charge in [0, 0.05) is 22.7 Å². The van der Waals surface area contributed by atoms with Crippen LogP contribution < -0.4 is 0 Å². The fraction of sp³-hybridized carbons (Fsp3) is 0.231. The molecule has 0 fully saturated rings. The molecule has 0 N–H and O–H groups in total. The largest absolute Gasteiger partial charge is 0.469 e. The van der Waals surface area contributed by atoms with E-state index in [-0.39, 0.29) is 0 Å². The average Bonchev–Trinajstić information content (AvgIpc) is 2.80. The zero-order valence-corrected chi connectivity index (χ0v) is 11.0. The maximum Gasteiger partial charge on any atom is 0.104 e. The predicted octanol–water partition coefficient (Wildman–Crippen LogP) is 4.61. The standard InChI is InChI=1S/C13H12BrClO/c14-12-5-3-10(4-6-12)11(9-15)8-13-2-1-7-16-13/h1-7,11H,8-9H2. The lowest BCUT2D eigenvalue weighted by Gasteiger charge is -2.12. The third-order valence-corrected chi connectivity index (χ3v) is 3.46. The van der Waals surface area contributed by atoms with Crippen molar-refractivity contribution in [1.82, 2.24) is 0 Å². The normalized spacial score (nSPS) is 12.6. The Morgan fingerprint density at radius 2 is 1.94 bits per heavy atom. The topological polar surface area (TPSA) is 13.1 Å². The summed E-state index contributed by atoms with van der Waals surface area (Å²) in [5.74, 6) is 1.89. The molecule has 0 radical (unpaired) electrons. The van der Waals surface area contributed by atoms with Gasteiger partial charge in [-0.05, 0) is 29.8 Å². The molecule has 1 aromatic heterocycles. The second-order valence-electron chi connectivity index (χ2n) is 3.69. The molecule has 2 aromatic rings. The predicted molar refractivity (Wildman–Crippen MR) is 70.0 cm³/mol. The molecule has 1 atom stereocenters. The number of halogens is 2. The average molecular weight is 300 g/mol. The third kappa shape index (κ3) is 2.89. The van der Waals surface area contributed by atoms with Crippen LogP contribution in [0.3, 0.4) is 0 Å². The molecule has 1 nitrogen and oxygen atoms in total. The Kier molecular flexibility index (Phi) is 4.08. The lowest BCUT2D eigenvalue weighted by molar-refractivity contribution is 0.494. The minimum absolute atomic E-state index is 0.306. The van der Waals surface area contributed by atoms with E-state index in [2.05, 4.69) is 28.1 Å². The van der Waals surface area contributed by atoms with Gasteiger partial charge < -0.3 is 4.42 Å². The minimum Gasteiger partial charge on any atom is -0.469 e. The van der Waals surface area contributed by atoms with E-state index in [0.717, 1.165) is 16.7 Å². The number of rotatable bonds is 4. The van der Waals surface area contributed by atoms with Gasteiger partial charge in [-0.25, -0.2) is 0 Å². The number of hydrogen-bond acceptors (Lipinski definition) is 1. The second-order valence-corrected chi connectivity index (χ2v) is 4.91. The molecule has 3 heteroatoms. The Labute approximate surface area is 109 Å². The lowest BCUT2D eigenvalue weighted by atomic mass is 9.97. The molecular formula is C13H12BrClO. The van der Waals surface area contributed by atoms with Gasteiger partial charge in [-0.1, -0.05) is 28.1 Å². The first kappa shape index (κ1) is 11.7. The minimum atomic E-state index is 0.306. The maximum atomic E-state index is 6.01. The third-order valence-electron chi connectivity index (χ3n) is 2.56. The van der Waals surface area contributed by atoms with Gasteiger partial charge >= 0.3 is 0 Å². The van der Waals surface area contributed by atoms with Crippen molar-refractivity contribution < 1.29 is 4.42 Å². The van der Waals surface area contributed by atoms with Crippen LogP contribution in [0, 0.1) is 0 Å². The summed E-state index contributed by atoms with van der Waals surface area (Å²) in [6, 6.07) is 12.2. The summed E-state index contributed by atoms with van der Waals surface area (Å²) in [6.45, 7) is 0. The molecule has 1 unspecified atom stereocenters. The molecule has 0 aliphatic heterocycles. The van der Waals surface area contributed by atoms with Gasteiger partial charge in [-0.2, -0.15) is 0 Å². The fourth-order valence-electron chi connectivity index (χ4n) is 1.67. The number of furan rings is 1. The Morgan fingerprint density at radius 3 is 2.50 bits per heavy atom. The summed E-state index contributed by atoms with van der Waals surface area (Å²) in [6.07, 6.45) is 2.54. The summed E-state index contributed by atoms with van der Waals surface area (Å²) >= 11 is 9.43. The monoisotopic (exact) mass is 298 g/mol. The van der Waals surface area contributed by atoms with Crippen molar-refractivity contribution >= 4 is 27.5 Å². The van der Waals surface area contributed by atoms with E-state index >= 15 is 0 Å². The van der Waals surface area contributed by atoms with Crippen LogP contribution in [-0.4, -0.2) is 5.88 Å². The highest BCUT2D eigenvalue weighted by Gasteiger charge is 2.12. The van der Waals surface area contributed by atoms with Crippen LogP contribution in [0.15, 0.2) is 51.6 Å². The van der Waals surface area contributed by atoms with E-state index in [1.54, 1.807) is 6.26 Å². The van der Waals surface area contributed by atoms with Crippen molar-refractivity contribution in [3.63, 3.8) is 0 Å². The first-order chi connectivity index (χ1) is 7.79. The Bertz CT molecular complexity index is 422. The first-order valence-electron chi connectivity index (χ1n) is 5.13. The highest BCUT2D eigenvalue weighted by molar-refractivity contribution is 9.10. The van der Waals surface area contributed by atoms with E-state index in [0.29, 0.717) is 11.8 Å². The zero-order chi connectivity index (χ0) is 11.4. The number of alkyl halides is 1. The summed E-state index contributed by atoms with van der Waals surface area (Å²) in [4.78, 5) is 0. The van der Waals surface area contributed by atoms with Gasteiger partial charge in [0.15, 0.2) is 0 Å². The molecule has 1 heterocycles. The van der Waals surface area contributed by atoms with Crippen LogP contribution in [0.4, 0.5) is 0 Å². The van der Waals surface area contributed by atoms with Crippen molar-refractivity contribution in [2.45, 2.75) is 12.3 Å². The first-order valence-corrected chi connectivity index (χ1v) is 6.46. The van der Waals surface area contributed by atoms with Crippen LogP contribution in [-0.2, 0) is 6.42 Å². The van der Waals surface area contributed by atoms with E-state index in [9.17, 15) is 0 Å². The van der Waals surface area contributed by atoms with Gasteiger partial charge in [0.05, 0.1) is 6.26 Å². The fourth-order valence-corrected chi connectivity index (χ4v) is 2.22. The molecule has 0 aliphatic carbocycles. The van der Waals surface area contributed by atoms with Gasteiger partial charge in [0.1, 0.15) is 5.76 Å². The van der Waals surface area contributed by atoms with Gasteiger partial charge in [0.2, 0.25) is 0 Å². The quantitative estimate of drug-likeness (QED) is 0.752. The van der Waals surface area contributed by atoms with Crippen molar-refractivity contribution in [1.29, 1.82) is 0 Å². The number of hydrogen-bond donors (Lipinski definition) is 0. The highest BCUT2D eigenvalue weighted by Crippen LogP contribution is 2.24. The van der Waals surface area contributed by atoms with Crippen molar-refractivity contribution in [3.8, 4) is 0 Å². The smallest absolute Gasteiger partial charge is 0.104 e. The van der Waals surface area contributed by atoms with Gasteiger partial charge in [0.25, 0.3) is 0 Å². The molecule has 0 saturated heterocycles. The summed E-state index contributed by atoms with van der Waals surface area (Å²) < 4.78 is 6.43. The Balaban J connectivity index is 2.13. The molecule has 0 spiro atoms. The van der Waals surface area contributed by atoms with Gasteiger partial charge in [-0.15, -0.1) is 11.6 Å². The van der Waals surface area contributed by atoms with E-state index in [4.69, 9.17) is 16.0 Å². The van der Waals surface area contributed by atoms with Crippen LogP contribution in [0.25, 0.3) is 0 Å². The van der Waals surface area contributed by atoms with Crippen molar-refractivity contribution in [2.75, 3.05) is 5.88 Å². The molecule has 1 aromatic carbocycles. The van der Waals surface area contributed by atoms with Crippen molar-refractivity contribution in [2.24, 2.45) is 0 Å². The summed E-state index contributed by atoms with van der Waals surface area (Å²) in [7, 11) is 0. The van der Waals surface area contributed by atoms with E-state index in [1.807, 2.05) is 24.3 Å². The van der Waals surface area contributed by atoms with Crippen LogP contribution in [0.2, 0.25) is 0 Å². The Hall–Kier alpha value is -0.730. The van der Waals surface area contributed by atoms with Crippen LogP contribution in [0.1, 0.15) is 17.2 Å². The molecular weight excluding hydrogens is 287 g/mol.